The molecule has 1 aliphatic heterocycles. The summed E-state index contributed by atoms with van der Waals surface area (Å²) >= 11 is 0. The van der Waals surface area contributed by atoms with E-state index in [9.17, 15) is 24.8 Å². The van der Waals surface area contributed by atoms with Crippen molar-refractivity contribution in [2.24, 2.45) is 17.1 Å². The zero-order valence-electron chi connectivity index (χ0n) is 30.9. The Morgan fingerprint density at radius 2 is 1.86 bits per heavy atom. The zero-order chi connectivity index (χ0) is 37.3. The number of hydrogen-bond acceptors (Lipinski definition) is 8. The molecule has 0 radical (unpaired) electrons. The lowest BCUT2D eigenvalue weighted by atomic mass is 9.73. The molecule has 2 amide bonds. The van der Waals surface area contributed by atoms with Crippen molar-refractivity contribution in [3.63, 3.8) is 0 Å². The summed E-state index contributed by atoms with van der Waals surface area (Å²) in [6.07, 6.45) is 5.97. The standard InChI is InChI=1S/C31H37N5O6.C9H18/c1-34(2)18-24(12-20-8-5-4-6-9-20)33-31(39)23-13-22(14-25(15-23)36(40)41)27-11-7-10-21(29(27)42-3)17-35-19-26(37)16-28(35)30(32)38;1-8-5-4-6-9(2,3)7-8/h4-11,13-15,24,26,28,37H,12,16-19H2,1-3H3,(H2,32,38)(H,33,39);8H,4-7H2,1-3H3. The summed E-state index contributed by atoms with van der Waals surface area (Å²) in [5, 5.41) is 25.1. The third kappa shape index (κ3) is 11.3. The number of para-hydroxylation sites is 1. The molecule has 0 spiro atoms. The van der Waals surface area contributed by atoms with Crippen LogP contribution >= 0.6 is 0 Å². The van der Waals surface area contributed by atoms with Crippen LogP contribution in [0.25, 0.3) is 11.1 Å². The van der Waals surface area contributed by atoms with Gasteiger partial charge in [-0.25, -0.2) is 0 Å². The predicted octanol–water partition coefficient (Wildman–Crippen LogP) is 5.82. The molecule has 2 aliphatic rings. The SMILES string of the molecule is CC1CCCC(C)(C)C1.COc1c(CN2CC(O)CC2C(N)=O)cccc1-c1cc(C(=O)NC(Cc2ccccc2)CN(C)C)cc([N+](=O)[O-])c1. The van der Waals surface area contributed by atoms with Crippen LogP contribution < -0.4 is 15.8 Å². The van der Waals surface area contributed by atoms with Crippen LogP contribution in [-0.2, 0) is 17.8 Å². The van der Waals surface area contributed by atoms with Crippen molar-refractivity contribution < 1.29 is 24.4 Å². The van der Waals surface area contributed by atoms with Gasteiger partial charge in [-0.3, -0.25) is 24.6 Å². The number of benzene rings is 3. The van der Waals surface area contributed by atoms with Gasteiger partial charge < -0.3 is 25.8 Å². The van der Waals surface area contributed by atoms with Crippen molar-refractivity contribution in [3.05, 3.63) is 93.5 Å². The molecular formula is C40H55N5O6. The van der Waals surface area contributed by atoms with Gasteiger partial charge in [0.05, 0.1) is 24.2 Å². The first-order valence-corrected chi connectivity index (χ1v) is 17.8. The van der Waals surface area contributed by atoms with Crippen LogP contribution in [0.4, 0.5) is 5.69 Å². The Balaban J connectivity index is 0.000000563. The van der Waals surface area contributed by atoms with Gasteiger partial charge in [0.15, 0.2) is 0 Å². The summed E-state index contributed by atoms with van der Waals surface area (Å²) in [7, 11) is 5.33. The van der Waals surface area contributed by atoms with Crippen LogP contribution in [0, 0.1) is 21.4 Å². The van der Waals surface area contributed by atoms with Crippen LogP contribution in [0.15, 0.2) is 66.7 Å². The zero-order valence-corrected chi connectivity index (χ0v) is 30.9. The number of non-ortho nitro benzene ring substituents is 1. The number of primary amides is 1. The first-order chi connectivity index (χ1) is 24.1. The van der Waals surface area contributed by atoms with Gasteiger partial charge >= 0.3 is 0 Å². The molecule has 3 aromatic carbocycles. The first kappa shape index (κ1) is 39.5. The monoisotopic (exact) mass is 701 g/mol. The van der Waals surface area contributed by atoms with E-state index in [0.717, 1.165) is 11.5 Å². The van der Waals surface area contributed by atoms with E-state index in [1.807, 2.05) is 55.4 Å². The van der Waals surface area contributed by atoms with Crippen LogP contribution in [0.1, 0.15) is 74.4 Å². The molecule has 276 valence electrons. The summed E-state index contributed by atoms with van der Waals surface area (Å²) < 4.78 is 5.76. The number of β-amino-alcohol motifs (C(OH)–C–C–N with tert-alkyl or cyclic N) is 1. The Morgan fingerprint density at radius 3 is 2.45 bits per heavy atom. The Morgan fingerprint density at radius 1 is 1.14 bits per heavy atom. The highest BCUT2D eigenvalue weighted by Gasteiger charge is 2.35. The number of carbonyl (C=O) groups is 2. The maximum absolute atomic E-state index is 13.5. The number of ether oxygens (including phenoxy) is 1. The van der Waals surface area contributed by atoms with Crippen molar-refractivity contribution in [1.29, 1.82) is 0 Å². The quantitative estimate of drug-likeness (QED) is 0.158. The van der Waals surface area contributed by atoms with Crippen LogP contribution in [0.3, 0.4) is 0 Å². The van der Waals surface area contributed by atoms with Crippen LogP contribution in [0.5, 0.6) is 5.75 Å². The van der Waals surface area contributed by atoms with Gasteiger partial charge in [-0.2, -0.15) is 0 Å². The fraction of sp³-hybridized carbons (Fsp3) is 0.500. The molecule has 11 heteroatoms. The Labute approximate surface area is 302 Å². The summed E-state index contributed by atoms with van der Waals surface area (Å²) in [5.74, 6) is 0.487. The molecule has 2 fully saturated rings. The number of nitrogens with one attached hydrogen (secondary N) is 1. The molecule has 1 saturated carbocycles. The molecule has 4 unspecified atom stereocenters. The van der Waals surface area contributed by atoms with E-state index in [1.165, 1.54) is 44.9 Å². The molecule has 4 N–H and O–H groups in total. The minimum Gasteiger partial charge on any atom is -0.496 e. The van der Waals surface area contributed by atoms with E-state index in [1.54, 1.807) is 23.1 Å². The van der Waals surface area contributed by atoms with Gasteiger partial charge in [-0.1, -0.05) is 82.1 Å². The molecule has 5 rings (SSSR count). The minimum absolute atomic E-state index is 0.153. The molecule has 4 atom stereocenters. The highest BCUT2D eigenvalue weighted by Crippen LogP contribution is 2.38. The molecule has 1 heterocycles. The summed E-state index contributed by atoms with van der Waals surface area (Å²) in [6, 6.07) is 18.6. The average molecular weight is 702 g/mol. The first-order valence-electron chi connectivity index (χ1n) is 17.8. The van der Waals surface area contributed by atoms with E-state index in [4.69, 9.17) is 10.5 Å². The van der Waals surface area contributed by atoms with Gasteiger partial charge in [0.25, 0.3) is 11.6 Å². The maximum Gasteiger partial charge on any atom is 0.270 e. The van der Waals surface area contributed by atoms with Crippen molar-refractivity contribution in [2.45, 2.75) is 84.0 Å². The van der Waals surface area contributed by atoms with Gasteiger partial charge in [0.2, 0.25) is 5.91 Å². The summed E-state index contributed by atoms with van der Waals surface area (Å²) in [6.45, 7) is 8.29. The van der Waals surface area contributed by atoms with Gasteiger partial charge in [-0.15, -0.1) is 0 Å². The number of nitrogens with two attached hydrogens (primary N) is 1. The number of nitrogens with zero attached hydrogens (tertiary/aromatic N) is 3. The number of nitro benzene ring substituents is 1. The van der Waals surface area contributed by atoms with Crippen molar-refractivity contribution in [2.75, 3.05) is 34.3 Å². The molecule has 3 aromatic rings. The Hall–Kier alpha value is -4.32. The second-order valence-corrected chi connectivity index (χ2v) is 15.2. The summed E-state index contributed by atoms with van der Waals surface area (Å²) in [5.41, 5.74) is 8.90. The fourth-order valence-corrected chi connectivity index (χ4v) is 7.60. The third-order valence-corrected chi connectivity index (χ3v) is 9.78. The van der Waals surface area contributed by atoms with Crippen LogP contribution in [0.2, 0.25) is 0 Å². The number of nitro groups is 1. The minimum atomic E-state index is -0.673. The number of rotatable bonds is 12. The van der Waals surface area contributed by atoms with Crippen molar-refractivity contribution in [1.82, 2.24) is 15.1 Å². The van der Waals surface area contributed by atoms with Crippen LogP contribution in [-0.4, -0.2) is 84.1 Å². The van der Waals surface area contributed by atoms with E-state index in [2.05, 4.69) is 26.1 Å². The number of amides is 2. The Bertz CT molecular complexity index is 1650. The topological polar surface area (TPSA) is 151 Å². The van der Waals surface area contributed by atoms with E-state index >= 15 is 0 Å². The molecule has 51 heavy (non-hydrogen) atoms. The molecule has 1 saturated heterocycles. The highest BCUT2D eigenvalue weighted by atomic mass is 16.6. The van der Waals surface area contributed by atoms with E-state index in [-0.39, 0.29) is 36.8 Å². The van der Waals surface area contributed by atoms with E-state index in [0.29, 0.717) is 40.8 Å². The van der Waals surface area contributed by atoms with Gasteiger partial charge in [-0.05, 0) is 68.3 Å². The largest absolute Gasteiger partial charge is 0.496 e. The normalized spacial score (nSPS) is 20.6. The van der Waals surface area contributed by atoms with E-state index < -0.39 is 28.9 Å². The van der Waals surface area contributed by atoms with Gasteiger partial charge in [0.1, 0.15) is 5.75 Å². The van der Waals surface area contributed by atoms with Gasteiger partial charge in [0, 0.05) is 54.5 Å². The van der Waals surface area contributed by atoms with Crippen molar-refractivity contribution >= 4 is 17.5 Å². The lowest BCUT2D eigenvalue weighted by Crippen LogP contribution is -2.43. The fourth-order valence-electron chi connectivity index (χ4n) is 7.60. The number of likely N-dealkylation sites (tertiary alicyclic amines) is 1. The molecule has 11 nitrogen and oxygen atoms in total. The Kier molecular flexibility index (Phi) is 13.7. The number of hydrogen-bond donors (Lipinski definition) is 3. The summed E-state index contributed by atoms with van der Waals surface area (Å²) in [4.78, 5) is 40.6. The number of likely N-dealkylation sites (N-methyl/N-ethyl adjacent to an activating group) is 1. The maximum atomic E-state index is 13.5. The second-order valence-electron chi connectivity index (χ2n) is 15.2. The molecular weight excluding hydrogens is 646 g/mol. The number of methoxy groups -OCH3 is 1. The van der Waals surface area contributed by atoms with Crippen molar-refractivity contribution in [3.8, 4) is 16.9 Å². The number of carbonyl (C=O) groups excluding carboxylic acids is 2. The lowest BCUT2D eigenvalue weighted by Gasteiger charge is -2.33. The predicted molar refractivity (Wildman–Crippen MR) is 200 cm³/mol. The number of aliphatic hydroxyl groups is 1. The molecule has 0 aromatic heterocycles. The lowest BCUT2D eigenvalue weighted by molar-refractivity contribution is -0.384. The molecule has 0 bridgehead atoms. The highest BCUT2D eigenvalue weighted by molar-refractivity contribution is 5.97. The number of aliphatic hydroxyl groups excluding tert-OH is 1. The third-order valence-electron chi connectivity index (χ3n) is 9.78. The average Bonchev–Trinajstić information content (AvgIpc) is 3.44. The smallest absolute Gasteiger partial charge is 0.270 e. The second kappa shape index (κ2) is 17.7. The molecule has 1 aliphatic carbocycles.